The topological polar surface area (TPSA) is 35.5 Å². The lowest BCUT2D eigenvalue weighted by atomic mass is 9.91. The molecule has 0 aliphatic heterocycles. The zero-order chi connectivity index (χ0) is 20.0. The number of hydrogen-bond donors (Lipinski definition) is 0. The highest BCUT2D eigenvalue weighted by Gasteiger charge is 2.36. The summed E-state index contributed by atoms with van der Waals surface area (Å²) in [5.41, 5.74) is -1.05. The number of alkyl halides is 3. The Kier molecular flexibility index (Phi) is 7.50. The minimum atomic E-state index is -4.59. The van der Waals surface area contributed by atoms with E-state index >= 15 is 0 Å². The van der Waals surface area contributed by atoms with Crippen LogP contribution in [0.3, 0.4) is 0 Å². The van der Waals surface area contributed by atoms with Gasteiger partial charge in [-0.1, -0.05) is 39.5 Å². The normalized spacial score (nSPS) is 20.7. The Labute approximate surface area is 157 Å². The van der Waals surface area contributed by atoms with Crippen molar-refractivity contribution in [1.82, 2.24) is 0 Å². The number of esters is 1. The van der Waals surface area contributed by atoms with E-state index in [0.29, 0.717) is 18.9 Å². The summed E-state index contributed by atoms with van der Waals surface area (Å²) in [5, 5.41) is 0. The Morgan fingerprint density at radius 2 is 1.89 bits per heavy atom. The quantitative estimate of drug-likeness (QED) is 0.299. The number of halogens is 4. The van der Waals surface area contributed by atoms with Crippen molar-refractivity contribution in [2.24, 2.45) is 5.92 Å². The van der Waals surface area contributed by atoms with E-state index in [1.165, 1.54) is 0 Å². The number of benzene rings is 1. The molecule has 1 saturated carbocycles. The molecule has 0 radical (unpaired) electrons. The average Bonchev–Trinajstić information content (AvgIpc) is 2.56. The van der Waals surface area contributed by atoms with Gasteiger partial charge in [0.25, 0.3) is 0 Å². The van der Waals surface area contributed by atoms with Crippen LogP contribution in [0.5, 0.6) is 5.75 Å². The molecule has 2 rings (SSSR count). The van der Waals surface area contributed by atoms with Crippen LogP contribution >= 0.6 is 0 Å². The van der Waals surface area contributed by atoms with E-state index in [9.17, 15) is 22.4 Å². The average molecular weight is 390 g/mol. The first-order valence-corrected chi connectivity index (χ1v) is 9.44. The van der Waals surface area contributed by atoms with Gasteiger partial charge in [-0.2, -0.15) is 13.2 Å². The number of unbranched alkanes of at least 4 members (excludes halogenated alkanes) is 3. The van der Waals surface area contributed by atoms with E-state index < -0.39 is 17.6 Å². The van der Waals surface area contributed by atoms with E-state index in [1.54, 1.807) is 0 Å². The molecule has 0 bridgehead atoms. The molecule has 0 saturated heterocycles. The molecule has 0 aromatic heterocycles. The molecule has 1 aliphatic carbocycles. The number of carbonyl (C=O) groups excluding carboxylic acids is 1. The van der Waals surface area contributed by atoms with Gasteiger partial charge in [0, 0.05) is 12.8 Å². The van der Waals surface area contributed by atoms with Gasteiger partial charge in [-0.05, 0) is 24.6 Å². The van der Waals surface area contributed by atoms with Gasteiger partial charge in [-0.3, -0.25) is 4.79 Å². The fraction of sp³-hybridized carbons (Fsp3) is 0.650. The molecular formula is C20H26F4O3. The third-order valence-corrected chi connectivity index (χ3v) is 4.78. The summed E-state index contributed by atoms with van der Waals surface area (Å²) in [7, 11) is 0. The lowest BCUT2D eigenvalue weighted by Crippen LogP contribution is -2.41. The summed E-state index contributed by atoms with van der Waals surface area (Å²) in [6.07, 6.45) is 0.770. The third kappa shape index (κ3) is 6.40. The minimum absolute atomic E-state index is 0.158. The van der Waals surface area contributed by atoms with Crippen molar-refractivity contribution in [2.45, 2.75) is 77.2 Å². The maximum atomic E-state index is 13.8. The molecule has 0 heterocycles. The first-order valence-electron chi connectivity index (χ1n) is 9.44. The highest BCUT2D eigenvalue weighted by Crippen LogP contribution is 2.34. The Morgan fingerprint density at radius 1 is 1.19 bits per heavy atom. The molecule has 1 atom stereocenters. The third-order valence-electron chi connectivity index (χ3n) is 4.78. The molecule has 1 aromatic carbocycles. The van der Waals surface area contributed by atoms with Crippen molar-refractivity contribution in [3.05, 3.63) is 29.6 Å². The summed E-state index contributed by atoms with van der Waals surface area (Å²) in [6, 6.07) is 2.19. The second-order valence-corrected chi connectivity index (χ2v) is 7.16. The smallest absolute Gasteiger partial charge is 0.416 e. The monoisotopic (exact) mass is 390 g/mol. The molecule has 0 N–H and O–H groups in total. The first-order chi connectivity index (χ1) is 12.7. The fourth-order valence-corrected chi connectivity index (χ4v) is 2.94. The van der Waals surface area contributed by atoms with Crippen LogP contribution in [-0.4, -0.2) is 18.2 Å². The Morgan fingerprint density at radius 3 is 2.48 bits per heavy atom. The Balaban J connectivity index is 1.72. The maximum absolute atomic E-state index is 13.8. The van der Waals surface area contributed by atoms with Crippen LogP contribution in [0.2, 0.25) is 0 Å². The van der Waals surface area contributed by atoms with Crippen LogP contribution in [0, 0.1) is 11.7 Å². The fourth-order valence-electron chi connectivity index (χ4n) is 2.94. The van der Waals surface area contributed by atoms with Gasteiger partial charge >= 0.3 is 12.1 Å². The molecule has 3 nitrogen and oxygen atoms in total. The Hall–Kier alpha value is -1.79. The van der Waals surface area contributed by atoms with E-state index in [-0.39, 0.29) is 29.8 Å². The van der Waals surface area contributed by atoms with Crippen molar-refractivity contribution in [3.8, 4) is 5.75 Å². The first kappa shape index (κ1) is 21.5. The summed E-state index contributed by atoms with van der Waals surface area (Å²) >= 11 is 0. The van der Waals surface area contributed by atoms with Crippen molar-refractivity contribution >= 4 is 5.97 Å². The van der Waals surface area contributed by atoms with Crippen LogP contribution in [0.1, 0.15) is 64.4 Å². The summed E-state index contributed by atoms with van der Waals surface area (Å²) in [4.78, 5) is 12.0. The largest absolute Gasteiger partial charge is 0.487 e. The highest BCUT2D eigenvalue weighted by molar-refractivity contribution is 5.72. The number of carbonyl (C=O) groups is 1. The zero-order valence-electron chi connectivity index (χ0n) is 15.7. The maximum Gasteiger partial charge on any atom is 0.416 e. The van der Waals surface area contributed by atoms with E-state index in [0.717, 1.165) is 44.2 Å². The van der Waals surface area contributed by atoms with Gasteiger partial charge in [-0.15, -0.1) is 0 Å². The van der Waals surface area contributed by atoms with Crippen LogP contribution in [-0.2, 0) is 15.7 Å². The van der Waals surface area contributed by atoms with Crippen molar-refractivity contribution < 1.29 is 31.8 Å². The lowest BCUT2D eigenvalue weighted by molar-refractivity contribution is -0.162. The molecule has 152 valence electrons. The lowest BCUT2D eigenvalue weighted by Gasteiger charge is -2.35. The summed E-state index contributed by atoms with van der Waals surface area (Å²) in [6.45, 7) is 3.97. The van der Waals surface area contributed by atoms with Gasteiger partial charge in [-0.25, -0.2) is 4.39 Å². The minimum Gasteiger partial charge on any atom is -0.487 e. The molecule has 1 aliphatic rings. The molecule has 1 fully saturated rings. The van der Waals surface area contributed by atoms with E-state index in [1.807, 2.05) is 6.92 Å². The highest BCUT2D eigenvalue weighted by atomic mass is 19.4. The summed E-state index contributed by atoms with van der Waals surface area (Å²) in [5.74, 6) is -1.67. The van der Waals surface area contributed by atoms with E-state index in [4.69, 9.17) is 9.47 Å². The van der Waals surface area contributed by atoms with Crippen molar-refractivity contribution in [3.63, 3.8) is 0 Å². The molecule has 1 unspecified atom stereocenters. The molecular weight excluding hydrogens is 364 g/mol. The second kappa shape index (κ2) is 9.42. The van der Waals surface area contributed by atoms with Crippen molar-refractivity contribution in [1.29, 1.82) is 0 Å². The molecule has 27 heavy (non-hydrogen) atoms. The second-order valence-electron chi connectivity index (χ2n) is 7.16. The predicted molar refractivity (Wildman–Crippen MR) is 92.9 cm³/mol. The van der Waals surface area contributed by atoms with Gasteiger partial charge in [0.2, 0.25) is 0 Å². The van der Waals surface area contributed by atoms with E-state index in [2.05, 4.69) is 6.92 Å². The van der Waals surface area contributed by atoms with Gasteiger partial charge < -0.3 is 9.47 Å². The van der Waals surface area contributed by atoms with Gasteiger partial charge in [0.15, 0.2) is 11.6 Å². The molecule has 0 spiro atoms. The standard InChI is InChI=1S/C20H26F4O3/c1-3-4-5-6-7-13(2)19(25)27-16-11-15(12-16)26-18-9-8-14(10-17(18)21)20(22,23)24/h8-10,13,15-16H,3-7,11-12H2,1-2H3. The molecule has 7 heteroatoms. The SMILES string of the molecule is CCCCCCC(C)C(=O)OC1CC(Oc2ccc(C(F)(F)F)cc2F)C1. The van der Waals surface area contributed by atoms with Crippen LogP contribution in [0.25, 0.3) is 0 Å². The zero-order valence-corrected chi connectivity index (χ0v) is 15.7. The number of rotatable bonds is 9. The van der Waals surface area contributed by atoms with Crippen LogP contribution in [0.4, 0.5) is 17.6 Å². The van der Waals surface area contributed by atoms with Crippen LogP contribution < -0.4 is 4.74 Å². The van der Waals surface area contributed by atoms with Gasteiger partial charge in [0.05, 0.1) is 11.5 Å². The molecule has 0 amide bonds. The number of hydrogen-bond acceptors (Lipinski definition) is 3. The summed E-state index contributed by atoms with van der Waals surface area (Å²) < 4.78 is 62.2. The van der Waals surface area contributed by atoms with Gasteiger partial charge in [0.1, 0.15) is 12.2 Å². The Bertz CT molecular complexity index is 624. The molecule has 1 aromatic rings. The van der Waals surface area contributed by atoms with Crippen LogP contribution in [0.15, 0.2) is 18.2 Å². The van der Waals surface area contributed by atoms with Crippen molar-refractivity contribution in [2.75, 3.05) is 0 Å². The predicted octanol–water partition coefficient (Wildman–Crippen LogP) is 5.90. The number of ether oxygens (including phenoxy) is 2.